The number of aryl methyl sites for hydroxylation is 1. The summed E-state index contributed by atoms with van der Waals surface area (Å²) in [4.78, 5) is 21.7. The largest absolute Gasteiger partial charge is 0.512 e. The maximum Gasteiger partial charge on any atom is 0.164 e. The maximum atomic E-state index is 12.2. The summed E-state index contributed by atoms with van der Waals surface area (Å²) in [6.07, 6.45) is 6.43. The first-order valence-electron chi connectivity index (χ1n) is 17.7. The van der Waals surface area contributed by atoms with Crippen molar-refractivity contribution in [2.45, 2.75) is 93.4 Å². The second kappa shape index (κ2) is 15.2. The Balaban J connectivity index is 0.000000269. The monoisotopic (exact) mass is 847 g/mol. The van der Waals surface area contributed by atoms with Crippen molar-refractivity contribution in [3.8, 4) is 11.3 Å². The maximum absolute atomic E-state index is 12.2. The molecule has 1 radical (unpaired) electrons. The number of aromatic nitrogens is 3. The summed E-state index contributed by atoms with van der Waals surface area (Å²) >= 11 is 0. The molecule has 0 bridgehead atoms. The van der Waals surface area contributed by atoms with Gasteiger partial charge in [0.1, 0.15) is 17.7 Å². The molecule has 265 valence electrons. The molecule has 0 aliphatic carbocycles. The van der Waals surface area contributed by atoms with E-state index in [2.05, 4.69) is 104 Å². The standard InChI is InChI=1S/C29H24N3.C15H28O2.Ir/c1-29(2,3)20-13-14-21-19(16-20)9-7-11-23(21)27-26-25-22-10-6-5-8-18(22)12-15-24(25)32(4)28(26)31-17-30-27;1-7-14(5,8-2)12(16)11-13(17)15(6,9-3)10-4;/h5-10,12-17H,1-4H3;11,16H,7-10H2,1-6H3;/q-1;;/b;12-11-;. The SMILES string of the molecule is CCC(C)(CC)C(=O)/C=C(\O)C(C)(CC)CC.Cn1c2ccc3ccccc3c2c2c(-c3[c-]ccc4cc(C(C)(C)C)ccc34)ncnc21.[Ir]. The predicted octanol–water partition coefficient (Wildman–Crippen LogP) is 11.8. The minimum absolute atomic E-state index is 0. The molecule has 0 saturated heterocycles. The first kappa shape index (κ1) is 38.9. The number of aliphatic hydroxyl groups excluding tert-OH is 1. The van der Waals surface area contributed by atoms with E-state index in [1.807, 2.05) is 47.6 Å². The van der Waals surface area contributed by atoms with E-state index < -0.39 is 0 Å². The van der Waals surface area contributed by atoms with Crippen LogP contribution >= 0.6 is 0 Å². The Morgan fingerprint density at radius 3 is 2.10 bits per heavy atom. The van der Waals surface area contributed by atoms with Gasteiger partial charge in [0, 0.05) is 66.0 Å². The van der Waals surface area contributed by atoms with Crippen molar-refractivity contribution in [1.82, 2.24) is 14.5 Å². The fraction of sp³-hybridized carbons (Fsp3) is 0.386. The molecule has 2 heterocycles. The van der Waals surface area contributed by atoms with Gasteiger partial charge in [-0.05, 0) is 53.5 Å². The Hall–Kier alpha value is -3.86. The summed E-state index contributed by atoms with van der Waals surface area (Å²) in [5, 5.41) is 17.2. The average Bonchev–Trinajstić information content (AvgIpc) is 3.42. The fourth-order valence-electron chi connectivity index (χ4n) is 6.53. The number of nitrogens with zero attached hydrogens (tertiary/aromatic N) is 3. The number of ketones is 1. The first-order valence-corrected chi connectivity index (χ1v) is 17.7. The minimum Gasteiger partial charge on any atom is -0.512 e. The normalized spacial score (nSPS) is 12.6. The van der Waals surface area contributed by atoms with Crippen LogP contribution in [0.3, 0.4) is 0 Å². The number of fused-ring (bicyclic) bond motifs is 6. The summed E-state index contributed by atoms with van der Waals surface area (Å²) in [5.41, 5.74) is 4.89. The number of hydrogen-bond donors (Lipinski definition) is 1. The van der Waals surface area contributed by atoms with Crippen molar-refractivity contribution in [2.75, 3.05) is 0 Å². The van der Waals surface area contributed by atoms with Crippen LogP contribution in [0, 0.1) is 16.9 Å². The molecule has 0 fully saturated rings. The number of hydrogen-bond acceptors (Lipinski definition) is 4. The van der Waals surface area contributed by atoms with Crippen molar-refractivity contribution >= 4 is 49.3 Å². The minimum atomic E-state index is -0.337. The van der Waals surface area contributed by atoms with E-state index in [0.717, 1.165) is 58.9 Å². The molecular formula is C44H52IrN3O2-. The molecule has 4 aromatic carbocycles. The molecule has 1 N–H and O–H groups in total. The summed E-state index contributed by atoms with van der Waals surface area (Å²) in [6.45, 7) is 18.8. The molecule has 6 heteroatoms. The van der Waals surface area contributed by atoms with E-state index in [1.54, 1.807) is 6.33 Å². The third-order valence-electron chi connectivity index (χ3n) is 11.2. The summed E-state index contributed by atoms with van der Waals surface area (Å²) < 4.78 is 2.17. The number of carbonyl (C=O) groups excluding carboxylic acids is 1. The molecule has 0 atom stereocenters. The van der Waals surface area contributed by atoms with E-state index in [4.69, 9.17) is 4.98 Å². The second-order valence-corrected chi connectivity index (χ2v) is 15.0. The third-order valence-corrected chi connectivity index (χ3v) is 11.2. The van der Waals surface area contributed by atoms with Crippen LogP contribution in [0.5, 0.6) is 0 Å². The van der Waals surface area contributed by atoms with E-state index in [-0.39, 0.29) is 47.9 Å². The van der Waals surface area contributed by atoms with Gasteiger partial charge in [-0.2, -0.15) is 0 Å². The smallest absolute Gasteiger partial charge is 0.164 e. The summed E-state index contributed by atoms with van der Waals surface area (Å²) in [6, 6.07) is 27.3. The Morgan fingerprint density at radius 1 is 0.800 bits per heavy atom. The topological polar surface area (TPSA) is 68.0 Å². The molecule has 50 heavy (non-hydrogen) atoms. The molecule has 0 unspecified atom stereocenters. The fourth-order valence-corrected chi connectivity index (χ4v) is 6.53. The van der Waals surface area contributed by atoms with Crippen LogP contribution in [0.4, 0.5) is 0 Å². The van der Waals surface area contributed by atoms with E-state index in [0.29, 0.717) is 0 Å². The number of rotatable bonds is 8. The summed E-state index contributed by atoms with van der Waals surface area (Å²) in [7, 11) is 2.08. The molecular weight excluding hydrogens is 795 g/mol. The average molecular weight is 847 g/mol. The van der Waals surface area contributed by atoms with Crippen LogP contribution in [-0.4, -0.2) is 25.4 Å². The number of allylic oxidation sites excluding steroid dienone is 2. The van der Waals surface area contributed by atoms with Gasteiger partial charge in [-0.3, -0.25) is 9.78 Å². The quantitative estimate of drug-likeness (QED) is 0.0941. The van der Waals surface area contributed by atoms with Crippen LogP contribution < -0.4 is 0 Å². The summed E-state index contributed by atoms with van der Waals surface area (Å²) in [5.74, 6) is 0.286. The zero-order chi connectivity index (χ0) is 35.7. The van der Waals surface area contributed by atoms with Gasteiger partial charge in [0.25, 0.3) is 0 Å². The molecule has 6 rings (SSSR count). The van der Waals surface area contributed by atoms with E-state index in [9.17, 15) is 9.90 Å². The molecule has 2 aromatic heterocycles. The number of carbonyl (C=O) groups is 1. The van der Waals surface area contributed by atoms with Crippen molar-refractivity contribution in [2.24, 2.45) is 17.9 Å². The van der Waals surface area contributed by atoms with Gasteiger partial charge < -0.3 is 9.67 Å². The van der Waals surface area contributed by atoms with Gasteiger partial charge in [0.2, 0.25) is 0 Å². The van der Waals surface area contributed by atoms with Gasteiger partial charge in [-0.25, -0.2) is 4.98 Å². The van der Waals surface area contributed by atoms with Gasteiger partial charge in [0.05, 0.1) is 0 Å². The zero-order valence-corrected chi connectivity index (χ0v) is 33.8. The number of aliphatic hydroxyl groups is 1. The van der Waals surface area contributed by atoms with Crippen molar-refractivity contribution in [3.63, 3.8) is 0 Å². The molecule has 0 amide bonds. The molecule has 5 nitrogen and oxygen atoms in total. The van der Waals surface area contributed by atoms with Crippen molar-refractivity contribution in [1.29, 1.82) is 0 Å². The van der Waals surface area contributed by atoms with E-state index >= 15 is 0 Å². The van der Waals surface area contributed by atoms with Crippen LogP contribution in [0.25, 0.3) is 54.7 Å². The predicted molar refractivity (Wildman–Crippen MR) is 207 cm³/mol. The Morgan fingerprint density at radius 2 is 1.46 bits per heavy atom. The Labute approximate surface area is 311 Å². The Bertz CT molecular complexity index is 2180. The molecule has 0 aliphatic rings. The van der Waals surface area contributed by atoms with Gasteiger partial charge in [0.15, 0.2) is 5.78 Å². The van der Waals surface area contributed by atoms with Crippen LogP contribution in [-0.2, 0) is 37.4 Å². The molecule has 6 aromatic rings. The van der Waals surface area contributed by atoms with Gasteiger partial charge in [-0.1, -0.05) is 116 Å². The van der Waals surface area contributed by atoms with Crippen LogP contribution in [0.2, 0.25) is 0 Å². The second-order valence-electron chi connectivity index (χ2n) is 15.0. The van der Waals surface area contributed by atoms with Crippen molar-refractivity contribution in [3.05, 3.63) is 96.5 Å². The van der Waals surface area contributed by atoms with Gasteiger partial charge in [-0.15, -0.1) is 29.1 Å². The molecule has 0 aliphatic heterocycles. The van der Waals surface area contributed by atoms with Crippen LogP contribution in [0.1, 0.15) is 93.6 Å². The molecule has 0 saturated carbocycles. The van der Waals surface area contributed by atoms with Crippen molar-refractivity contribution < 1.29 is 30.0 Å². The zero-order valence-electron chi connectivity index (χ0n) is 31.4. The third kappa shape index (κ3) is 7.16. The van der Waals surface area contributed by atoms with E-state index in [1.165, 1.54) is 33.2 Å². The van der Waals surface area contributed by atoms with Crippen LogP contribution in [0.15, 0.2) is 84.9 Å². The number of benzene rings is 4. The van der Waals surface area contributed by atoms with Gasteiger partial charge >= 0.3 is 0 Å². The Kier molecular flexibility index (Phi) is 11.8. The first-order chi connectivity index (χ1) is 23.2. The molecule has 0 spiro atoms.